The van der Waals surface area contributed by atoms with Crippen LogP contribution in [0, 0.1) is 6.92 Å². The van der Waals surface area contributed by atoms with Crippen LogP contribution in [0.5, 0.6) is 5.75 Å². The maximum absolute atomic E-state index is 12.4. The summed E-state index contributed by atoms with van der Waals surface area (Å²) in [6, 6.07) is 16.0. The fourth-order valence-electron chi connectivity index (χ4n) is 3.88. The lowest BCUT2D eigenvalue weighted by Crippen LogP contribution is -2.45. The number of pyridine rings is 1. The highest BCUT2D eigenvalue weighted by Crippen LogP contribution is 2.16. The summed E-state index contributed by atoms with van der Waals surface area (Å²) in [7, 11) is 1.70. The van der Waals surface area contributed by atoms with Crippen molar-refractivity contribution in [1.29, 1.82) is 0 Å². The van der Waals surface area contributed by atoms with Gasteiger partial charge >= 0.3 is 0 Å². The molecule has 5 nitrogen and oxygen atoms in total. The van der Waals surface area contributed by atoms with E-state index in [-0.39, 0.29) is 5.43 Å². The summed E-state index contributed by atoms with van der Waals surface area (Å²) in [4.78, 5) is 20.8. The van der Waals surface area contributed by atoms with Crippen molar-refractivity contribution in [1.82, 2.24) is 14.8 Å². The summed E-state index contributed by atoms with van der Waals surface area (Å²) in [5.74, 6) is 0.909. The van der Waals surface area contributed by atoms with Gasteiger partial charge in [0.1, 0.15) is 5.75 Å². The Morgan fingerprint density at radius 3 is 2.46 bits per heavy atom. The molecule has 1 saturated heterocycles. The lowest BCUT2D eigenvalue weighted by Gasteiger charge is -2.34. The van der Waals surface area contributed by atoms with E-state index in [1.54, 1.807) is 13.2 Å². The van der Waals surface area contributed by atoms with Gasteiger partial charge in [-0.3, -0.25) is 14.6 Å². The third-order valence-electron chi connectivity index (χ3n) is 5.44. The highest BCUT2D eigenvalue weighted by atomic mass is 16.5. The van der Waals surface area contributed by atoms with Crippen LogP contribution in [-0.4, -0.2) is 48.1 Å². The van der Waals surface area contributed by atoms with Gasteiger partial charge in [0, 0.05) is 61.9 Å². The minimum absolute atomic E-state index is 0.101. The molecular formula is C23H27N3O2. The number of benzene rings is 2. The van der Waals surface area contributed by atoms with Gasteiger partial charge in [-0.2, -0.15) is 0 Å². The lowest BCUT2D eigenvalue weighted by atomic mass is 10.1. The zero-order valence-electron chi connectivity index (χ0n) is 16.6. The number of nitrogens with one attached hydrogen (secondary N) is 1. The van der Waals surface area contributed by atoms with Crippen LogP contribution in [0.3, 0.4) is 0 Å². The molecule has 1 N–H and O–H groups in total. The molecular weight excluding hydrogens is 350 g/mol. The van der Waals surface area contributed by atoms with Crippen LogP contribution >= 0.6 is 0 Å². The van der Waals surface area contributed by atoms with E-state index in [0.717, 1.165) is 67.2 Å². The van der Waals surface area contributed by atoms with Crippen LogP contribution in [0.1, 0.15) is 16.8 Å². The standard InChI is InChI=1S/C23H27N3O2/c1-17-6-7-22-21(12-17)23(27)14-19(24-22)16-26-10-8-25(9-11-26)15-18-4-3-5-20(13-18)28-2/h3-7,12-14H,8-11,15-16H2,1-2H3,(H,24,27). The number of aromatic nitrogens is 1. The first-order valence-corrected chi connectivity index (χ1v) is 9.81. The molecule has 2 heterocycles. The average molecular weight is 377 g/mol. The minimum atomic E-state index is 0.101. The lowest BCUT2D eigenvalue weighted by molar-refractivity contribution is 0.121. The van der Waals surface area contributed by atoms with Crippen molar-refractivity contribution in [2.24, 2.45) is 0 Å². The normalized spacial score (nSPS) is 15.8. The highest BCUT2D eigenvalue weighted by Gasteiger charge is 2.18. The van der Waals surface area contributed by atoms with Gasteiger partial charge in [0.05, 0.1) is 7.11 Å². The molecule has 1 aromatic heterocycles. The molecule has 1 aliphatic heterocycles. The number of aryl methyl sites for hydroxylation is 1. The zero-order valence-corrected chi connectivity index (χ0v) is 16.6. The van der Waals surface area contributed by atoms with Gasteiger partial charge in [-0.1, -0.05) is 23.8 Å². The van der Waals surface area contributed by atoms with E-state index in [1.165, 1.54) is 5.56 Å². The Balaban J connectivity index is 1.37. The van der Waals surface area contributed by atoms with E-state index in [9.17, 15) is 4.79 Å². The minimum Gasteiger partial charge on any atom is -0.497 e. The number of nitrogens with zero attached hydrogens (tertiary/aromatic N) is 2. The molecule has 1 fully saturated rings. The monoisotopic (exact) mass is 377 g/mol. The largest absolute Gasteiger partial charge is 0.497 e. The van der Waals surface area contributed by atoms with Crippen LogP contribution < -0.4 is 10.2 Å². The van der Waals surface area contributed by atoms with E-state index in [1.807, 2.05) is 37.3 Å². The Kier molecular flexibility index (Phi) is 5.46. The van der Waals surface area contributed by atoms with Crippen LogP contribution in [-0.2, 0) is 13.1 Å². The molecule has 3 aromatic rings. The summed E-state index contributed by atoms with van der Waals surface area (Å²) in [5.41, 5.74) is 4.40. The molecule has 0 bridgehead atoms. The number of methoxy groups -OCH3 is 1. The van der Waals surface area contributed by atoms with E-state index in [0.29, 0.717) is 0 Å². The number of H-pyrrole nitrogens is 1. The smallest absolute Gasteiger partial charge is 0.189 e. The molecule has 28 heavy (non-hydrogen) atoms. The summed E-state index contributed by atoms with van der Waals surface area (Å²) in [6.45, 7) is 7.78. The van der Waals surface area contributed by atoms with Crippen molar-refractivity contribution in [2.75, 3.05) is 33.3 Å². The third kappa shape index (κ3) is 4.26. The summed E-state index contributed by atoms with van der Waals surface area (Å²) in [6.07, 6.45) is 0. The second-order valence-electron chi connectivity index (χ2n) is 7.61. The first-order valence-electron chi connectivity index (χ1n) is 9.81. The first-order chi connectivity index (χ1) is 13.6. The van der Waals surface area contributed by atoms with Gasteiger partial charge in [0.25, 0.3) is 0 Å². The first kappa shape index (κ1) is 18.7. The number of hydrogen-bond acceptors (Lipinski definition) is 4. The van der Waals surface area contributed by atoms with Crippen molar-refractivity contribution >= 4 is 10.9 Å². The second-order valence-corrected chi connectivity index (χ2v) is 7.61. The Morgan fingerprint density at radius 1 is 0.964 bits per heavy atom. The Bertz CT molecular complexity index is 1020. The van der Waals surface area contributed by atoms with Crippen molar-refractivity contribution in [2.45, 2.75) is 20.0 Å². The highest BCUT2D eigenvalue weighted by molar-refractivity contribution is 5.79. The molecule has 0 spiro atoms. The molecule has 146 valence electrons. The van der Waals surface area contributed by atoms with E-state index in [4.69, 9.17) is 4.74 Å². The maximum Gasteiger partial charge on any atom is 0.189 e. The van der Waals surface area contributed by atoms with Crippen LogP contribution in [0.15, 0.2) is 53.3 Å². The van der Waals surface area contributed by atoms with Crippen molar-refractivity contribution in [3.8, 4) is 5.75 Å². The number of piperazine rings is 1. The summed E-state index contributed by atoms with van der Waals surface area (Å²) < 4.78 is 5.32. The predicted molar refractivity (Wildman–Crippen MR) is 113 cm³/mol. The fourth-order valence-corrected chi connectivity index (χ4v) is 3.88. The summed E-state index contributed by atoms with van der Waals surface area (Å²) >= 11 is 0. The maximum atomic E-state index is 12.4. The predicted octanol–water partition coefficient (Wildman–Crippen LogP) is 3.16. The molecule has 0 saturated carbocycles. The number of rotatable bonds is 5. The Hall–Kier alpha value is -2.63. The van der Waals surface area contributed by atoms with E-state index >= 15 is 0 Å². The molecule has 0 amide bonds. The van der Waals surface area contributed by atoms with E-state index in [2.05, 4.69) is 26.9 Å². The molecule has 0 atom stereocenters. The van der Waals surface area contributed by atoms with Crippen LogP contribution in [0.4, 0.5) is 0 Å². The molecule has 0 radical (unpaired) electrons. The van der Waals surface area contributed by atoms with Crippen LogP contribution in [0.25, 0.3) is 10.9 Å². The van der Waals surface area contributed by atoms with Gasteiger partial charge in [-0.15, -0.1) is 0 Å². The Morgan fingerprint density at radius 2 is 1.71 bits per heavy atom. The Labute approximate surface area is 165 Å². The number of aromatic amines is 1. The molecule has 4 rings (SSSR count). The van der Waals surface area contributed by atoms with Gasteiger partial charge in [0.2, 0.25) is 0 Å². The average Bonchev–Trinajstić information content (AvgIpc) is 2.70. The van der Waals surface area contributed by atoms with Crippen LogP contribution in [0.2, 0.25) is 0 Å². The van der Waals surface area contributed by atoms with Gasteiger partial charge in [-0.25, -0.2) is 0 Å². The molecule has 2 aromatic carbocycles. The van der Waals surface area contributed by atoms with Crippen molar-refractivity contribution in [3.63, 3.8) is 0 Å². The quantitative estimate of drug-likeness (QED) is 0.742. The van der Waals surface area contributed by atoms with Gasteiger partial charge in [0.15, 0.2) is 5.43 Å². The molecule has 5 heteroatoms. The second kappa shape index (κ2) is 8.17. The topological polar surface area (TPSA) is 48.6 Å². The van der Waals surface area contributed by atoms with Gasteiger partial charge < -0.3 is 9.72 Å². The number of ether oxygens (including phenoxy) is 1. The SMILES string of the molecule is COc1cccc(CN2CCN(Cc3cc(=O)c4cc(C)ccc4[nH]3)CC2)c1. The number of fused-ring (bicyclic) bond motifs is 1. The molecule has 0 aliphatic carbocycles. The summed E-state index contributed by atoms with van der Waals surface area (Å²) in [5, 5.41) is 0.770. The fraction of sp³-hybridized carbons (Fsp3) is 0.348. The van der Waals surface area contributed by atoms with E-state index < -0.39 is 0 Å². The molecule has 0 unspecified atom stereocenters. The number of hydrogen-bond donors (Lipinski definition) is 1. The van der Waals surface area contributed by atoms with Crippen molar-refractivity contribution in [3.05, 3.63) is 75.6 Å². The van der Waals surface area contributed by atoms with Crippen molar-refractivity contribution < 1.29 is 4.74 Å². The zero-order chi connectivity index (χ0) is 19.5. The van der Waals surface area contributed by atoms with Gasteiger partial charge in [-0.05, 0) is 36.8 Å². The third-order valence-corrected chi connectivity index (χ3v) is 5.44. The molecule has 1 aliphatic rings.